The highest BCUT2D eigenvalue weighted by atomic mass is 19.1. The fourth-order valence-electron chi connectivity index (χ4n) is 3.00. The molecule has 2 aromatic rings. The highest BCUT2D eigenvalue weighted by Gasteiger charge is 2.30. The molecule has 0 radical (unpaired) electrons. The third-order valence-corrected chi connectivity index (χ3v) is 4.46. The number of aryl methyl sites for hydroxylation is 1. The normalized spacial score (nSPS) is 17.3. The van der Waals surface area contributed by atoms with Crippen molar-refractivity contribution in [2.75, 3.05) is 19.8 Å². The van der Waals surface area contributed by atoms with Crippen LogP contribution in [0, 0.1) is 12.7 Å². The lowest BCUT2D eigenvalue weighted by atomic mass is 9.94. The molecule has 3 N–H and O–H groups in total. The fourth-order valence-corrected chi connectivity index (χ4v) is 3.00. The van der Waals surface area contributed by atoms with E-state index in [1.165, 1.54) is 12.1 Å². The third-order valence-electron chi connectivity index (χ3n) is 4.46. The van der Waals surface area contributed by atoms with Crippen molar-refractivity contribution >= 4 is 16.8 Å². The van der Waals surface area contributed by atoms with E-state index in [-0.39, 0.29) is 24.7 Å². The van der Waals surface area contributed by atoms with E-state index in [2.05, 4.69) is 10.3 Å². The van der Waals surface area contributed by atoms with Gasteiger partial charge >= 0.3 is 0 Å². The van der Waals surface area contributed by atoms with Crippen LogP contribution in [0.1, 0.15) is 24.1 Å². The second-order valence-electron chi connectivity index (χ2n) is 6.21. The van der Waals surface area contributed by atoms with E-state index in [1.807, 2.05) is 6.92 Å². The molecule has 0 aliphatic carbocycles. The highest BCUT2D eigenvalue weighted by Crippen LogP contribution is 2.24. The number of aromatic nitrogens is 1. The van der Waals surface area contributed by atoms with Crippen LogP contribution in [-0.2, 0) is 16.0 Å². The summed E-state index contributed by atoms with van der Waals surface area (Å²) >= 11 is 0. The predicted octanol–water partition coefficient (Wildman–Crippen LogP) is 1.82. The van der Waals surface area contributed by atoms with Crippen LogP contribution in [0.25, 0.3) is 10.9 Å². The Bertz CT molecular complexity index is 720. The Kier molecular flexibility index (Phi) is 4.37. The molecule has 2 heterocycles. The van der Waals surface area contributed by atoms with Gasteiger partial charge in [0.15, 0.2) is 0 Å². The number of hydrogen-bond acceptors (Lipinski definition) is 3. The molecule has 23 heavy (non-hydrogen) atoms. The number of fused-ring (bicyclic) bond motifs is 1. The van der Waals surface area contributed by atoms with Gasteiger partial charge in [0.05, 0.1) is 12.0 Å². The quantitative estimate of drug-likeness (QED) is 0.804. The molecule has 5 nitrogen and oxygen atoms in total. The van der Waals surface area contributed by atoms with Gasteiger partial charge in [-0.3, -0.25) is 4.79 Å². The molecule has 1 amide bonds. The first kappa shape index (κ1) is 16.0. The Morgan fingerprint density at radius 1 is 1.43 bits per heavy atom. The number of ether oxygens (including phenoxy) is 1. The van der Waals surface area contributed by atoms with Gasteiger partial charge in [0.1, 0.15) is 5.82 Å². The van der Waals surface area contributed by atoms with Crippen LogP contribution in [0.4, 0.5) is 4.39 Å². The summed E-state index contributed by atoms with van der Waals surface area (Å²) in [6, 6.07) is 4.50. The molecule has 1 aromatic heterocycles. The average molecular weight is 320 g/mol. The number of aromatic amines is 1. The summed E-state index contributed by atoms with van der Waals surface area (Å²) < 4.78 is 18.7. The van der Waals surface area contributed by atoms with Crippen molar-refractivity contribution in [1.82, 2.24) is 10.3 Å². The molecule has 1 saturated heterocycles. The van der Waals surface area contributed by atoms with E-state index in [4.69, 9.17) is 4.74 Å². The van der Waals surface area contributed by atoms with Gasteiger partial charge in [-0.1, -0.05) is 0 Å². The summed E-state index contributed by atoms with van der Waals surface area (Å²) in [6.45, 7) is 3.10. The van der Waals surface area contributed by atoms with Crippen LogP contribution in [0.3, 0.4) is 0 Å². The molecule has 1 aromatic carbocycles. The Morgan fingerprint density at radius 3 is 2.91 bits per heavy atom. The Balaban J connectivity index is 1.68. The summed E-state index contributed by atoms with van der Waals surface area (Å²) in [7, 11) is 0. The lowest BCUT2D eigenvalue weighted by Gasteiger charge is -2.32. The smallest absolute Gasteiger partial charge is 0.224 e. The van der Waals surface area contributed by atoms with Gasteiger partial charge in [-0.15, -0.1) is 0 Å². The molecule has 6 heteroatoms. The number of nitrogens with one attached hydrogen (secondary N) is 2. The zero-order valence-electron chi connectivity index (χ0n) is 13.1. The molecule has 1 aliphatic rings. The van der Waals surface area contributed by atoms with E-state index in [0.29, 0.717) is 26.1 Å². The van der Waals surface area contributed by atoms with Crippen molar-refractivity contribution < 1.29 is 19.0 Å². The summed E-state index contributed by atoms with van der Waals surface area (Å²) in [5.74, 6) is -0.507. The standard InChI is InChI=1S/C17H21FN2O3/c1-11-13(14-8-12(18)2-3-15(14)20-11)9-16(21)19-10-17(22)4-6-23-7-5-17/h2-3,8,20,22H,4-7,9-10H2,1H3,(H,19,21). The summed E-state index contributed by atoms with van der Waals surface area (Å²) in [6.07, 6.45) is 1.19. The first-order valence-electron chi connectivity index (χ1n) is 7.80. The lowest BCUT2D eigenvalue weighted by molar-refractivity contribution is -0.123. The second kappa shape index (κ2) is 6.29. The largest absolute Gasteiger partial charge is 0.388 e. The first-order chi connectivity index (χ1) is 11.0. The highest BCUT2D eigenvalue weighted by molar-refractivity contribution is 5.90. The molecule has 124 valence electrons. The molecular weight excluding hydrogens is 299 g/mol. The number of halogens is 1. The van der Waals surface area contributed by atoms with Crippen LogP contribution in [0.2, 0.25) is 0 Å². The van der Waals surface area contributed by atoms with Crippen LogP contribution in [0.5, 0.6) is 0 Å². The van der Waals surface area contributed by atoms with Gasteiger partial charge in [0.2, 0.25) is 5.91 Å². The maximum atomic E-state index is 13.4. The number of benzene rings is 1. The number of hydrogen-bond donors (Lipinski definition) is 3. The van der Waals surface area contributed by atoms with E-state index < -0.39 is 5.60 Å². The molecule has 0 saturated carbocycles. The number of rotatable bonds is 4. The summed E-state index contributed by atoms with van der Waals surface area (Å²) in [4.78, 5) is 15.4. The third kappa shape index (κ3) is 3.54. The van der Waals surface area contributed by atoms with Gasteiger partial charge in [-0.05, 0) is 30.7 Å². The van der Waals surface area contributed by atoms with Crippen molar-refractivity contribution in [3.05, 3.63) is 35.3 Å². The van der Waals surface area contributed by atoms with Crippen LogP contribution in [0.15, 0.2) is 18.2 Å². The molecule has 1 fully saturated rings. The maximum Gasteiger partial charge on any atom is 0.224 e. The van der Waals surface area contributed by atoms with Crippen molar-refractivity contribution in [1.29, 1.82) is 0 Å². The SMILES string of the molecule is Cc1[nH]c2ccc(F)cc2c1CC(=O)NCC1(O)CCOCC1. The van der Waals surface area contributed by atoms with Crippen molar-refractivity contribution in [2.45, 2.75) is 31.8 Å². The zero-order valence-corrected chi connectivity index (χ0v) is 13.1. The molecule has 1 aliphatic heterocycles. The maximum absolute atomic E-state index is 13.4. The molecule has 3 rings (SSSR count). The minimum atomic E-state index is -0.894. The predicted molar refractivity (Wildman–Crippen MR) is 84.7 cm³/mol. The number of carbonyl (C=O) groups is 1. The summed E-state index contributed by atoms with van der Waals surface area (Å²) in [5.41, 5.74) is 1.56. The first-order valence-corrected chi connectivity index (χ1v) is 7.80. The van der Waals surface area contributed by atoms with Crippen LogP contribution < -0.4 is 5.32 Å². The van der Waals surface area contributed by atoms with E-state index in [9.17, 15) is 14.3 Å². The topological polar surface area (TPSA) is 74.4 Å². The van der Waals surface area contributed by atoms with Gasteiger partial charge in [-0.2, -0.15) is 0 Å². The van der Waals surface area contributed by atoms with Crippen LogP contribution in [-0.4, -0.2) is 41.4 Å². The Hall–Kier alpha value is -1.92. The Morgan fingerprint density at radius 2 is 2.17 bits per heavy atom. The Labute approximate surface area is 133 Å². The second-order valence-corrected chi connectivity index (χ2v) is 6.21. The molecule has 0 unspecified atom stereocenters. The monoisotopic (exact) mass is 320 g/mol. The van der Waals surface area contributed by atoms with E-state index in [0.717, 1.165) is 22.2 Å². The van der Waals surface area contributed by atoms with Crippen LogP contribution >= 0.6 is 0 Å². The van der Waals surface area contributed by atoms with E-state index in [1.54, 1.807) is 6.07 Å². The zero-order chi connectivity index (χ0) is 16.4. The fraction of sp³-hybridized carbons (Fsp3) is 0.471. The van der Waals surface area contributed by atoms with E-state index >= 15 is 0 Å². The molecule has 0 atom stereocenters. The van der Waals surface area contributed by atoms with Gasteiger partial charge in [-0.25, -0.2) is 4.39 Å². The molecule has 0 bridgehead atoms. The van der Waals surface area contributed by atoms with Gasteiger partial charge in [0.25, 0.3) is 0 Å². The van der Waals surface area contributed by atoms with Gasteiger partial charge < -0.3 is 20.1 Å². The minimum absolute atomic E-state index is 0.155. The number of H-pyrrole nitrogens is 1. The molecular formula is C17H21FN2O3. The number of aliphatic hydroxyl groups is 1. The van der Waals surface area contributed by atoms with Gasteiger partial charge in [0, 0.05) is 49.2 Å². The number of carbonyl (C=O) groups excluding carboxylic acids is 1. The van der Waals surface area contributed by atoms with Crippen molar-refractivity contribution in [3.8, 4) is 0 Å². The lowest BCUT2D eigenvalue weighted by Crippen LogP contribution is -2.47. The van der Waals surface area contributed by atoms with Crippen molar-refractivity contribution in [2.24, 2.45) is 0 Å². The minimum Gasteiger partial charge on any atom is -0.388 e. The number of amides is 1. The molecule has 0 spiro atoms. The average Bonchev–Trinajstić information content (AvgIpc) is 2.82. The summed E-state index contributed by atoms with van der Waals surface area (Å²) in [5, 5.41) is 13.9. The van der Waals surface area contributed by atoms with Crippen molar-refractivity contribution in [3.63, 3.8) is 0 Å².